The fourth-order valence-corrected chi connectivity index (χ4v) is 4.96. The van der Waals surface area contributed by atoms with Crippen LogP contribution in [0, 0.1) is 12.0 Å². The Morgan fingerprint density at radius 2 is 2.03 bits per heavy atom. The molecule has 33 heavy (non-hydrogen) atoms. The Morgan fingerprint density at radius 3 is 2.73 bits per heavy atom. The number of nitrogens with zero attached hydrogens (tertiary/aromatic N) is 4. The first-order chi connectivity index (χ1) is 15.5. The number of nitrogens with two attached hydrogens (primary N) is 1. The standard InChI is InChI=1S/C22H27N5O6/c1-20(2)8-12(9-20)30-19(28)29-10-22(24-5)17-16(31-21(3,4)33-17)15(32-22)13-6-7-14-18(23)25-11-26-27(13)14/h6-7,11-12,15-17H,8-10H2,1-4H3,(H2,23,25,26)/t15-,16-,17-,22+/m0/s1. The van der Waals surface area contributed by atoms with Gasteiger partial charge in [-0.25, -0.2) is 20.9 Å². The molecule has 2 aromatic heterocycles. The maximum atomic E-state index is 12.3. The molecule has 4 atom stereocenters. The van der Waals surface area contributed by atoms with E-state index in [1.807, 2.05) is 0 Å². The number of carbonyl (C=O) groups excluding carboxylic acids is 1. The molecule has 11 heteroatoms. The summed E-state index contributed by atoms with van der Waals surface area (Å²) in [6, 6.07) is 3.57. The molecule has 3 aliphatic rings. The Hall–Kier alpha value is -2.94. The number of hydrogen-bond acceptors (Lipinski definition) is 9. The van der Waals surface area contributed by atoms with Crippen LogP contribution in [0.15, 0.2) is 18.5 Å². The first-order valence-electron chi connectivity index (χ1n) is 10.9. The summed E-state index contributed by atoms with van der Waals surface area (Å²) in [6.07, 6.45) is -0.247. The van der Waals surface area contributed by atoms with E-state index in [9.17, 15) is 4.79 Å². The van der Waals surface area contributed by atoms with Gasteiger partial charge in [-0.05, 0) is 44.2 Å². The molecule has 5 rings (SSSR count). The summed E-state index contributed by atoms with van der Waals surface area (Å²) in [5.74, 6) is -0.636. The largest absolute Gasteiger partial charge is 0.508 e. The number of ether oxygens (including phenoxy) is 5. The van der Waals surface area contributed by atoms with Crippen LogP contribution in [0.5, 0.6) is 0 Å². The summed E-state index contributed by atoms with van der Waals surface area (Å²) < 4.78 is 30.7. The summed E-state index contributed by atoms with van der Waals surface area (Å²) in [6.45, 7) is 15.3. The van der Waals surface area contributed by atoms with Crippen LogP contribution in [-0.4, -0.2) is 57.2 Å². The van der Waals surface area contributed by atoms with E-state index in [1.165, 1.54) is 6.33 Å². The number of rotatable bonds is 4. The Balaban J connectivity index is 1.39. The molecule has 1 aliphatic carbocycles. The molecule has 0 amide bonds. The van der Waals surface area contributed by atoms with Gasteiger partial charge < -0.3 is 24.7 Å². The second kappa shape index (κ2) is 7.28. The molecule has 0 spiro atoms. The molecule has 176 valence electrons. The van der Waals surface area contributed by atoms with Crippen molar-refractivity contribution in [3.63, 3.8) is 0 Å². The zero-order chi connectivity index (χ0) is 23.6. The molecule has 2 N–H and O–H groups in total. The normalized spacial score (nSPS) is 32.2. The summed E-state index contributed by atoms with van der Waals surface area (Å²) in [5, 5.41) is 4.27. The average Bonchev–Trinajstić information content (AvgIpc) is 3.36. The zero-order valence-corrected chi connectivity index (χ0v) is 19.0. The van der Waals surface area contributed by atoms with Crippen LogP contribution in [0.25, 0.3) is 10.4 Å². The number of carbonyl (C=O) groups is 1. The van der Waals surface area contributed by atoms with Crippen molar-refractivity contribution in [3.8, 4) is 0 Å². The minimum Gasteiger partial charge on any atom is -0.431 e. The summed E-state index contributed by atoms with van der Waals surface area (Å²) >= 11 is 0. The fraction of sp³-hybridized carbons (Fsp3) is 0.636. The third-order valence-electron chi connectivity index (χ3n) is 6.42. The van der Waals surface area contributed by atoms with E-state index >= 15 is 0 Å². The van der Waals surface area contributed by atoms with Crippen molar-refractivity contribution in [2.75, 3.05) is 12.3 Å². The SMILES string of the molecule is [C-]#[N+][C@]1(COC(=O)OC2CC(C)(C)C2)O[C@@H](c2ccc3c(N)ncnn23)[C@@H]2OC(C)(C)O[C@@H]21. The summed E-state index contributed by atoms with van der Waals surface area (Å²) in [7, 11) is 0. The molecular weight excluding hydrogens is 430 g/mol. The quantitative estimate of drug-likeness (QED) is 0.545. The lowest BCUT2D eigenvalue weighted by atomic mass is 9.70. The molecule has 2 aliphatic heterocycles. The predicted octanol–water partition coefficient (Wildman–Crippen LogP) is 2.86. The van der Waals surface area contributed by atoms with Crippen molar-refractivity contribution in [3.05, 3.63) is 35.6 Å². The molecule has 1 saturated carbocycles. The summed E-state index contributed by atoms with van der Waals surface area (Å²) in [5.41, 5.74) is 5.74. The highest BCUT2D eigenvalue weighted by Gasteiger charge is 2.69. The van der Waals surface area contributed by atoms with E-state index < -0.39 is 36.0 Å². The Kier molecular flexibility index (Phi) is 4.83. The highest BCUT2D eigenvalue weighted by molar-refractivity contribution is 5.65. The second-order valence-corrected chi connectivity index (χ2v) is 10.1. The molecule has 2 aromatic rings. The zero-order valence-electron chi connectivity index (χ0n) is 19.0. The molecular formula is C22H27N5O6. The van der Waals surface area contributed by atoms with Crippen molar-refractivity contribution in [1.82, 2.24) is 14.6 Å². The van der Waals surface area contributed by atoms with Gasteiger partial charge in [-0.1, -0.05) is 13.8 Å². The van der Waals surface area contributed by atoms with Crippen molar-refractivity contribution in [2.45, 2.75) is 76.5 Å². The first kappa shape index (κ1) is 21.9. The Labute approximate surface area is 190 Å². The lowest BCUT2D eigenvalue weighted by Gasteiger charge is -2.41. The van der Waals surface area contributed by atoms with Gasteiger partial charge in [-0.2, -0.15) is 5.10 Å². The topological polar surface area (TPSA) is 124 Å². The van der Waals surface area contributed by atoms with Crippen LogP contribution >= 0.6 is 0 Å². The maximum absolute atomic E-state index is 12.3. The smallest absolute Gasteiger partial charge is 0.431 e. The molecule has 4 heterocycles. The monoisotopic (exact) mass is 457 g/mol. The van der Waals surface area contributed by atoms with Gasteiger partial charge in [0.05, 0.1) is 5.69 Å². The van der Waals surface area contributed by atoms with E-state index in [0.717, 1.165) is 12.8 Å². The van der Waals surface area contributed by atoms with Gasteiger partial charge in [-0.3, -0.25) is 9.58 Å². The van der Waals surface area contributed by atoms with Gasteiger partial charge in [0.25, 0.3) is 0 Å². The van der Waals surface area contributed by atoms with E-state index in [0.29, 0.717) is 17.0 Å². The minimum atomic E-state index is -1.61. The first-order valence-corrected chi connectivity index (χ1v) is 10.9. The van der Waals surface area contributed by atoms with Crippen LogP contribution in [0.3, 0.4) is 0 Å². The van der Waals surface area contributed by atoms with E-state index in [-0.39, 0.29) is 18.1 Å². The lowest BCUT2D eigenvalue weighted by molar-refractivity contribution is -0.208. The maximum Gasteiger partial charge on any atom is 0.508 e. The van der Waals surface area contributed by atoms with Crippen molar-refractivity contribution < 1.29 is 28.5 Å². The van der Waals surface area contributed by atoms with Crippen molar-refractivity contribution >= 4 is 17.5 Å². The minimum absolute atomic E-state index is 0.158. The van der Waals surface area contributed by atoms with Gasteiger partial charge >= 0.3 is 11.9 Å². The molecule has 3 fully saturated rings. The average molecular weight is 457 g/mol. The molecule has 0 radical (unpaired) electrons. The molecule has 11 nitrogen and oxygen atoms in total. The fourth-order valence-electron chi connectivity index (χ4n) is 4.96. The number of aromatic nitrogens is 3. The Bertz CT molecular complexity index is 1130. The number of nitrogen functional groups attached to an aromatic ring is 1. The highest BCUT2D eigenvalue weighted by Crippen LogP contribution is 2.51. The second-order valence-electron chi connectivity index (χ2n) is 10.1. The Morgan fingerprint density at radius 1 is 1.27 bits per heavy atom. The predicted molar refractivity (Wildman–Crippen MR) is 114 cm³/mol. The molecule has 2 saturated heterocycles. The number of hydrogen-bond donors (Lipinski definition) is 1. The molecule has 0 unspecified atom stereocenters. The van der Waals surface area contributed by atoms with Crippen molar-refractivity contribution in [1.29, 1.82) is 0 Å². The van der Waals surface area contributed by atoms with Crippen LogP contribution in [0.2, 0.25) is 0 Å². The van der Waals surface area contributed by atoms with Crippen LogP contribution in [0.4, 0.5) is 10.6 Å². The number of anilines is 1. The van der Waals surface area contributed by atoms with Crippen LogP contribution < -0.4 is 5.73 Å². The van der Waals surface area contributed by atoms with Gasteiger partial charge in [0.15, 0.2) is 17.7 Å². The summed E-state index contributed by atoms with van der Waals surface area (Å²) in [4.78, 5) is 20.0. The third kappa shape index (κ3) is 3.68. The van der Waals surface area contributed by atoms with Crippen molar-refractivity contribution in [2.24, 2.45) is 5.41 Å². The van der Waals surface area contributed by atoms with Gasteiger partial charge in [0.1, 0.15) is 30.2 Å². The van der Waals surface area contributed by atoms with E-state index in [2.05, 4.69) is 28.8 Å². The molecule has 0 aromatic carbocycles. The van der Waals surface area contributed by atoms with Crippen LogP contribution in [0.1, 0.15) is 52.3 Å². The van der Waals surface area contributed by atoms with Gasteiger partial charge in [0, 0.05) is 0 Å². The van der Waals surface area contributed by atoms with E-state index in [1.54, 1.807) is 30.5 Å². The lowest BCUT2D eigenvalue weighted by Crippen LogP contribution is -2.45. The third-order valence-corrected chi connectivity index (χ3v) is 6.42. The molecule has 0 bridgehead atoms. The van der Waals surface area contributed by atoms with Crippen LogP contribution in [-0.2, 0) is 23.7 Å². The van der Waals surface area contributed by atoms with Gasteiger partial charge in [-0.15, -0.1) is 0 Å². The van der Waals surface area contributed by atoms with E-state index in [4.69, 9.17) is 36.0 Å². The highest BCUT2D eigenvalue weighted by atomic mass is 16.8. The van der Waals surface area contributed by atoms with Gasteiger partial charge in [0.2, 0.25) is 6.61 Å². The number of fused-ring (bicyclic) bond motifs is 2.